The van der Waals surface area contributed by atoms with Gasteiger partial charge in [-0.2, -0.15) is 0 Å². The lowest BCUT2D eigenvalue weighted by Gasteiger charge is -2.34. The third-order valence-corrected chi connectivity index (χ3v) is 7.55. The average molecular weight is 448 g/mol. The molecular weight excluding hydrogens is 422 g/mol. The highest BCUT2D eigenvalue weighted by Gasteiger charge is 2.26. The molecule has 6 rings (SSSR count). The molecule has 164 valence electrons. The van der Waals surface area contributed by atoms with Crippen LogP contribution in [0.5, 0.6) is 11.5 Å². The number of thiophene rings is 1. The van der Waals surface area contributed by atoms with Gasteiger partial charge in [0.2, 0.25) is 6.79 Å². The van der Waals surface area contributed by atoms with Gasteiger partial charge in [-0.15, -0.1) is 11.3 Å². The first-order valence-electron chi connectivity index (χ1n) is 11.1. The molecule has 2 aromatic carbocycles. The topological polar surface area (TPSA) is 45.3 Å². The molecule has 0 spiro atoms. The summed E-state index contributed by atoms with van der Waals surface area (Å²) in [6, 6.07) is 18.7. The van der Waals surface area contributed by atoms with Crippen molar-refractivity contribution in [2.75, 3.05) is 44.4 Å². The summed E-state index contributed by atoms with van der Waals surface area (Å²) in [6.45, 7) is 5.39. The Morgan fingerprint density at radius 2 is 1.75 bits per heavy atom. The molecule has 4 heterocycles. The number of fused-ring (bicyclic) bond motifs is 2. The zero-order valence-corrected chi connectivity index (χ0v) is 18.6. The number of benzene rings is 2. The van der Waals surface area contributed by atoms with Crippen LogP contribution in [0.2, 0.25) is 0 Å². The maximum absolute atomic E-state index is 13.1. The molecule has 1 aromatic heterocycles. The number of carbonyl (C=O) groups is 1. The van der Waals surface area contributed by atoms with Gasteiger partial charge >= 0.3 is 0 Å². The van der Waals surface area contributed by atoms with Crippen LogP contribution in [0.1, 0.15) is 20.8 Å². The summed E-state index contributed by atoms with van der Waals surface area (Å²) in [7, 11) is 0. The van der Waals surface area contributed by atoms with Crippen LogP contribution in [-0.2, 0) is 13.0 Å². The van der Waals surface area contributed by atoms with E-state index in [-0.39, 0.29) is 5.91 Å². The van der Waals surface area contributed by atoms with Crippen molar-refractivity contribution >= 4 is 27.9 Å². The molecule has 0 N–H and O–H groups in total. The lowest BCUT2D eigenvalue weighted by molar-refractivity contribution is 0.0633. The van der Waals surface area contributed by atoms with E-state index in [4.69, 9.17) is 9.47 Å². The highest BCUT2D eigenvalue weighted by Crippen LogP contribution is 2.38. The van der Waals surface area contributed by atoms with Crippen molar-refractivity contribution in [2.24, 2.45) is 0 Å². The number of hydrogen-bond donors (Lipinski definition) is 0. The Morgan fingerprint density at radius 1 is 0.906 bits per heavy atom. The molecule has 0 unspecified atom stereocenters. The Labute approximate surface area is 191 Å². The van der Waals surface area contributed by atoms with Crippen LogP contribution < -0.4 is 14.4 Å². The molecule has 0 atom stereocenters. The smallest absolute Gasteiger partial charge is 0.264 e. The molecule has 1 fully saturated rings. The predicted molar refractivity (Wildman–Crippen MR) is 125 cm³/mol. The van der Waals surface area contributed by atoms with Crippen LogP contribution in [0.3, 0.4) is 0 Å². The fraction of sp³-hybridized carbons (Fsp3) is 0.320. The van der Waals surface area contributed by atoms with Gasteiger partial charge in [0, 0.05) is 45.0 Å². The van der Waals surface area contributed by atoms with Gasteiger partial charge < -0.3 is 19.3 Å². The number of amides is 1. The minimum atomic E-state index is 0.150. The molecule has 3 aliphatic heterocycles. The van der Waals surface area contributed by atoms with Gasteiger partial charge in [-0.3, -0.25) is 9.69 Å². The molecular formula is C25H25N3O3S. The summed E-state index contributed by atoms with van der Waals surface area (Å²) in [5, 5.41) is 1.15. The van der Waals surface area contributed by atoms with Crippen molar-refractivity contribution < 1.29 is 14.3 Å². The third kappa shape index (κ3) is 3.61. The lowest BCUT2D eigenvalue weighted by atomic mass is 10.1. The van der Waals surface area contributed by atoms with E-state index in [1.165, 1.54) is 16.8 Å². The van der Waals surface area contributed by atoms with Gasteiger partial charge in [-0.1, -0.05) is 24.3 Å². The van der Waals surface area contributed by atoms with Crippen molar-refractivity contribution in [1.29, 1.82) is 0 Å². The number of rotatable bonds is 4. The quantitative estimate of drug-likeness (QED) is 0.602. The van der Waals surface area contributed by atoms with Crippen LogP contribution in [0, 0.1) is 0 Å². The van der Waals surface area contributed by atoms with Crippen LogP contribution in [0.25, 0.3) is 0 Å². The number of nitrogens with zero attached hydrogens (tertiary/aromatic N) is 3. The van der Waals surface area contributed by atoms with Gasteiger partial charge in [-0.25, -0.2) is 0 Å². The molecule has 3 aliphatic rings. The van der Waals surface area contributed by atoms with Crippen LogP contribution in [0.15, 0.2) is 54.6 Å². The first kappa shape index (κ1) is 19.6. The first-order valence-corrected chi connectivity index (χ1v) is 11.9. The summed E-state index contributed by atoms with van der Waals surface area (Å²) in [4.78, 5) is 20.7. The monoisotopic (exact) mass is 447 g/mol. The zero-order chi connectivity index (χ0) is 21.5. The molecule has 1 amide bonds. The van der Waals surface area contributed by atoms with Crippen LogP contribution in [0.4, 0.5) is 10.7 Å². The van der Waals surface area contributed by atoms with E-state index in [9.17, 15) is 4.79 Å². The lowest BCUT2D eigenvalue weighted by Crippen LogP contribution is -2.48. The Balaban J connectivity index is 1.07. The van der Waals surface area contributed by atoms with E-state index >= 15 is 0 Å². The largest absolute Gasteiger partial charge is 0.454 e. The Morgan fingerprint density at radius 3 is 2.66 bits per heavy atom. The van der Waals surface area contributed by atoms with Gasteiger partial charge in [-0.05, 0) is 47.9 Å². The van der Waals surface area contributed by atoms with Crippen LogP contribution >= 0.6 is 11.3 Å². The van der Waals surface area contributed by atoms with Crippen molar-refractivity contribution in [1.82, 2.24) is 9.80 Å². The molecule has 0 saturated carbocycles. The Kier molecular flexibility index (Phi) is 5.00. The van der Waals surface area contributed by atoms with E-state index in [0.29, 0.717) is 6.79 Å². The molecule has 1 saturated heterocycles. The van der Waals surface area contributed by atoms with E-state index in [2.05, 4.69) is 52.3 Å². The average Bonchev–Trinajstić information content (AvgIpc) is 3.57. The minimum absolute atomic E-state index is 0.150. The third-order valence-electron chi connectivity index (χ3n) is 6.46. The zero-order valence-electron chi connectivity index (χ0n) is 17.8. The highest BCUT2D eigenvalue weighted by molar-refractivity contribution is 7.18. The highest BCUT2D eigenvalue weighted by atomic mass is 32.1. The normalized spacial score (nSPS) is 17.6. The minimum Gasteiger partial charge on any atom is -0.454 e. The maximum atomic E-state index is 13.1. The number of piperazine rings is 1. The Hall–Kier alpha value is -3.03. The molecule has 3 aromatic rings. The van der Waals surface area contributed by atoms with E-state index in [0.717, 1.165) is 67.1 Å². The summed E-state index contributed by atoms with van der Waals surface area (Å²) in [6.07, 6.45) is 1.06. The van der Waals surface area contributed by atoms with Crippen molar-refractivity contribution in [3.05, 3.63) is 70.6 Å². The maximum Gasteiger partial charge on any atom is 0.264 e. The first-order chi connectivity index (χ1) is 15.7. The molecule has 0 aliphatic carbocycles. The van der Waals surface area contributed by atoms with E-state index in [1.54, 1.807) is 11.3 Å². The number of para-hydroxylation sites is 1. The molecule has 0 radical (unpaired) electrons. The Bertz CT molecular complexity index is 1150. The number of anilines is 2. The number of carbonyl (C=O) groups excluding carboxylic acids is 1. The van der Waals surface area contributed by atoms with Crippen LogP contribution in [-0.4, -0.2) is 55.2 Å². The van der Waals surface area contributed by atoms with Gasteiger partial charge in [0.05, 0.1) is 9.88 Å². The second-order valence-electron chi connectivity index (χ2n) is 8.42. The predicted octanol–water partition coefficient (Wildman–Crippen LogP) is 4.13. The summed E-state index contributed by atoms with van der Waals surface area (Å²) < 4.78 is 10.9. The summed E-state index contributed by atoms with van der Waals surface area (Å²) in [5.74, 6) is 1.79. The fourth-order valence-corrected chi connectivity index (χ4v) is 5.73. The van der Waals surface area contributed by atoms with Gasteiger partial charge in [0.1, 0.15) is 0 Å². The number of ether oxygens (including phenoxy) is 2. The summed E-state index contributed by atoms with van der Waals surface area (Å²) in [5.41, 5.74) is 3.86. The van der Waals surface area contributed by atoms with Gasteiger partial charge in [0.15, 0.2) is 11.5 Å². The molecule has 7 heteroatoms. The van der Waals surface area contributed by atoms with E-state index < -0.39 is 0 Å². The molecule has 0 bridgehead atoms. The standard InChI is InChI=1S/C25H25N3O3S/c29-25(23-7-8-24(32-23)28-10-9-19-3-1-2-4-20(19)28)27-13-11-26(12-14-27)16-18-5-6-21-22(15-18)31-17-30-21/h1-8,15H,9-14,16-17H2. The van der Waals surface area contributed by atoms with Crippen molar-refractivity contribution in [3.63, 3.8) is 0 Å². The van der Waals surface area contributed by atoms with Crippen molar-refractivity contribution in [3.8, 4) is 11.5 Å². The van der Waals surface area contributed by atoms with Gasteiger partial charge in [0.25, 0.3) is 5.91 Å². The number of hydrogen-bond acceptors (Lipinski definition) is 6. The second kappa shape index (κ2) is 8.15. The fourth-order valence-electron chi connectivity index (χ4n) is 4.72. The van der Waals surface area contributed by atoms with E-state index in [1.807, 2.05) is 17.0 Å². The SMILES string of the molecule is O=C(c1ccc(N2CCc3ccccc32)s1)N1CCN(Cc2ccc3c(c2)OCO3)CC1. The molecule has 6 nitrogen and oxygen atoms in total. The summed E-state index contributed by atoms with van der Waals surface area (Å²) >= 11 is 1.61. The molecule has 32 heavy (non-hydrogen) atoms. The van der Waals surface area contributed by atoms with Crippen molar-refractivity contribution in [2.45, 2.75) is 13.0 Å². The second-order valence-corrected chi connectivity index (χ2v) is 9.49.